The smallest absolute Gasteiger partial charge is 0.323 e. The molecule has 0 saturated carbocycles. The predicted octanol–water partition coefficient (Wildman–Crippen LogP) is 1.31. The normalized spacial score (nSPS) is 24.6. The highest BCUT2D eigenvalue weighted by molar-refractivity contribution is 5.76. The minimum absolute atomic E-state index is 0.114. The highest BCUT2D eigenvalue weighted by Gasteiger charge is 2.32. The van der Waals surface area contributed by atoms with Gasteiger partial charge in [-0.1, -0.05) is 0 Å². The van der Waals surface area contributed by atoms with Gasteiger partial charge in [0, 0.05) is 12.5 Å². The van der Waals surface area contributed by atoms with Crippen molar-refractivity contribution in [3.63, 3.8) is 0 Å². The summed E-state index contributed by atoms with van der Waals surface area (Å²) in [6.07, 6.45) is 2.25. The van der Waals surface area contributed by atoms with Gasteiger partial charge in [-0.05, 0) is 40.0 Å². The van der Waals surface area contributed by atoms with E-state index in [4.69, 9.17) is 9.84 Å². The van der Waals surface area contributed by atoms with E-state index in [1.165, 1.54) is 0 Å². The third-order valence-corrected chi connectivity index (χ3v) is 2.64. The standard InChI is InChI=1S/C12H21NO4/c1-12(2,3)17-11(16)9-6-4-8(13-9)5-7-10(14)15/h8-9,13H,4-7H2,1-3H3,(H,14,15)/t8-,9+/m0/s1. The summed E-state index contributed by atoms with van der Waals surface area (Å²) in [4.78, 5) is 22.2. The van der Waals surface area contributed by atoms with Gasteiger partial charge in [0.2, 0.25) is 0 Å². The number of esters is 1. The van der Waals surface area contributed by atoms with Crippen LogP contribution in [-0.2, 0) is 14.3 Å². The van der Waals surface area contributed by atoms with Crippen LogP contribution in [0.4, 0.5) is 0 Å². The second-order valence-corrected chi connectivity index (χ2v) is 5.46. The van der Waals surface area contributed by atoms with Crippen molar-refractivity contribution < 1.29 is 19.4 Å². The average Bonchev–Trinajstić information content (AvgIpc) is 2.60. The zero-order valence-corrected chi connectivity index (χ0v) is 10.7. The maximum absolute atomic E-state index is 11.7. The molecule has 2 N–H and O–H groups in total. The first-order valence-electron chi connectivity index (χ1n) is 5.98. The van der Waals surface area contributed by atoms with Crippen molar-refractivity contribution in [2.45, 2.75) is 64.1 Å². The molecule has 1 heterocycles. The van der Waals surface area contributed by atoms with E-state index in [9.17, 15) is 9.59 Å². The summed E-state index contributed by atoms with van der Waals surface area (Å²) in [7, 11) is 0. The molecule has 17 heavy (non-hydrogen) atoms. The molecule has 0 aromatic carbocycles. The molecule has 0 aliphatic carbocycles. The van der Waals surface area contributed by atoms with Gasteiger partial charge in [0.1, 0.15) is 11.6 Å². The fourth-order valence-electron chi connectivity index (χ4n) is 1.90. The molecule has 1 fully saturated rings. The Labute approximate surface area is 102 Å². The largest absolute Gasteiger partial charge is 0.481 e. The Morgan fingerprint density at radius 2 is 2.00 bits per heavy atom. The summed E-state index contributed by atoms with van der Waals surface area (Å²) in [5.74, 6) is -1.04. The van der Waals surface area contributed by atoms with E-state index < -0.39 is 11.6 Å². The van der Waals surface area contributed by atoms with Gasteiger partial charge in [0.25, 0.3) is 0 Å². The van der Waals surface area contributed by atoms with Gasteiger partial charge in [0.05, 0.1) is 0 Å². The van der Waals surface area contributed by atoms with E-state index >= 15 is 0 Å². The third-order valence-electron chi connectivity index (χ3n) is 2.64. The summed E-state index contributed by atoms with van der Waals surface area (Å²) in [6.45, 7) is 5.51. The maximum Gasteiger partial charge on any atom is 0.323 e. The maximum atomic E-state index is 11.7. The molecular formula is C12H21NO4. The Morgan fingerprint density at radius 1 is 1.35 bits per heavy atom. The zero-order valence-electron chi connectivity index (χ0n) is 10.7. The number of carboxylic acid groups (broad SMARTS) is 1. The molecule has 0 aromatic rings. The highest BCUT2D eigenvalue weighted by atomic mass is 16.6. The number of carbonyl (C=O) groups excluding carboxylic acids is 1. The topological polar surface area (TPSA) is 75.6 Å². The second-order valence-electron chi connectivity index (χ2n) is 5.46. The summed E-state index contributed by atoms with van der Waals surface area (Å²) in [5.41, 5.74) is -0.474. The van der Waals surface area contributed by atoms with Gasteiger partial charge in [-0.3, -0.25) is 9.59 Å². The molecule has 5 heteroatoms. The van der Waals surface area contributed by atoms with Crippen LogP contribution >= 0.6 is 0 Å². The van der Waals surface area contributed by atoms with Gasteiger partial charge < -0.3 is 15.2 Å². The Hall–Kier alpha value is -1.10. The Morgan fingerprint density at radius 3 is 2.53 bits per heavy atom. The molecule has 5 nitrogen and oxygen atoms in total. The van der Waals surface area contributed by atoms with Crippen molar-refractivity contribution >= 4 is 11.9 Å². The molecule has 2 atom stereocenters. The number of aliphatic carboxylic acids is 1. The van der Waals surface area contributed by atoms with E-state index in [1.54, 1.807) is 0 Å². The lowest BCUT2D eigenvalue weighted by atomic mass is 10.1. The van der Waals surface area contributed by atoms with Crippen molar-refractivity contribution in [3.8, 4) is 0 Å². The summed E-state index contributed by atoms with van der Waals surface area (Å²) in [5, 5.41) is 11.7. The van der Waals surface area contributed by atoms with Gasteiger partial charge in [0.15, 0.2) is 0 Å². The zero-order chi connectivity index (χ0) is 13.1. The quantitative estimate of drug-likeness (QED) is 0.728. The Kier molecular flexibility index (Phi) is 4.51. The van der Waals surface area contributed by atoms with Crippen LogP contribution in [0.3, 0.4) is 0 Å². The molecule has 0 aromatic heterocycles. The van der Waals surface area contributed by atoms with Crippen LogP contribution in [0.1, 0.15) is 46.5 Å². The lowest BCUT2D eigenvalue weighted by Gasteiger charge is -2.22. The molecule has 1 rings (SSSR count). The van der Waals surface area contributed by atoms with Gasteiger partial charge in [-0.15, -0.1) is 0 Å². The molecular weight excluding hydrogens is 222 g/mol. The SMILES string of the molecule is CC(C)(C)OC(=O)[C@H]1CC[C@@H](CCC(=O)O)N1. The first-order chi connectivity index (χ1) is 7.78. The number of carboxylic acids is 1. The van der Waals surface area contributed by atoms with Crippen molar-refractivity contribution in [1.82, 2.24) is 5.32 Å². The van der Waals surface area contributed by atoms with Crippen LogP contribution in [0.15, 0.2) is 0 Å². The van der Waals surface area contributed by atoms with Crippen LogP contribution in [0.2, 0.25) is 0 Å². The van der Waals surface area contributed by atoms with E-state index in [0.717, 1.165) is 12.8 Å². The molecule has 0 bridgehead atoms. The van der Waals surface area contributed by atoms with Gasteiger partial charge >= 0.3 is 11.9 Å². The fraction of sp³-hybridized carbons (Fsp3) is 0.833. The molecule has 0 unspecified atom stereocenters. The summed E-state index contributed by atoms with van der Waals surface area (Å²) < 4.78 is 5.28. The highest BCUT2D eigenvalue weighted by Crippen LogP contribution is 2.19. The van der Waals surface area contributed by atoms with Crippen LogP contribution in [-0.4, -0.2) is 34.7 Å². The van der Waals surface area contributed by atoms with Crippen LogP contribution < -0.4 is 5.32 Å². The lowest BCUT2D eigenvalue weighted by molar-refractivity contribution is -0.157. The first kappa shape index (κ1) is 14.0. The van der Waals surface area contributed by atoms with Crippen LogP contribution in [0.25, 0.3) is 0 Å². The van der Waals surface area contributed by atoms with Crippen molar-refractivity contribution in [1.29, 1.82) is 0 Å². The number of rotatable bonds is 4. The Bertz CT molecular complexity index is 295. The van der Waals surface area contributed by atoms with E-state index in [-0.39, 0.29) is 24.5 Å². The van der Waals surface area contributed by atoms with Crippen molar-refractivity contribution in [2.24, 2.45) is 0 Å². The molecule has 0 spiro atoms. The number of nitrogens with one attached hydrogen (secondary N) is 1. The van der Waals surface area contributed by atoms with Crippen LogP contribution in [0, 0.1) is 0 Å². The molecule has 1 aliphatic rings. The van der Waals surface area contributed by atoms with Crippen molar-refractivity contribution in [2.75, 3.05) is 0 Å². The molecule has 98 valence electrons. The summed E-state index contributed by atoms with van der Waals surface area (Å²) in [6, 6.07) is -0.170. The Balaban J connectivity index is 2.34. The first-order valence-corrected chi connectivity index (χ1v) is 5.98. The number of carbonyl (C=O) groups is 2. The monoisotopic (exact) mass is 243 g/mol. The minimum Gasteiger partial charge on any atom is -0.481 e. The second kappa shape index (κ2) is 5.49. The lowest BCUT2D eigenvalue weighted by Crippen LogP contribution is -2.40. The number of hydrogen-bond donors (Lipinski definition) is 2. The molecule has 0 radical (unpaired) electrons. The minimum atomic E-state index is -0.799. The van der Waals surface area contributed by atoms with Crippen molar-refractivity contribution in [3.05, 3.63) is 0 Å². The fourth-order valence-corrected chi connectivity index (χ4v) is 1.90. The molecule has 0 amide bonds. The van der Waals surface area contributed by atoms with E-state index in [0.29, 0.717) is 6.42 Å². The van der Waals surface area contributed by atoms with Gasteiger partial charge in [-0.25, -0.2) is 0 Å². The molecule has 1 saturated heterocycles. The van der Waals surface area contributed by atoms with E-state index in [2.05, 4.69) is 5.32 Å². The average molecular weight is 243 g/mol. The summed E-state index contributed by atoms with van der Waals surface area (Å²) >= 11 is 0. The van der Waals surface area contributed by atoms with Gasteiger partial charge in [-0.2, -0.15) is 0 Å². The number of hydrogen-bond acceptors (Lipinski definition) is 4. The predicted molar refractivity (Wildman–Crippen MR) is 62.7 cm³/mol. The third kappa shape index (κ3) is 5.17. The molecule has 1 aliphatic heterocycles. The van der Waals surface area contributed by atoms with Crippen LogP contribution in [0.5, 0.6) is 0 Å². The number of ether oxygens (including phenoxy) is 1. The van der Waals surface area contributed by atoms with E-state index in [1.807, 2.05) is 20.8 Å².